The number of ether oxygens (including phenoxy) is 2. The third-order valence-electron chi connectivity index (χ3n) is 5.50. The van der Waals surface area contributed by atoms with Crippen LogP contribution in [0.3, 0.4) is 0 Å². The minimum atomic E-state index is -3.55. The van der Waals surface area contributed by atoms with Crippen LogP contribution in [0.5, 0.6) is 5.75 Å². The van der Waals surface area contributed by atoms with Crippen LogP contribution in [0.15, 0.2) is 64.9 Å². The Morgan fingerprint density at radius 3 is 2.61 bits per heavy atom. The molecule has 1 N–H and O–H groups in total. The average Bonchev–Trinajstić information content (AvgIpc) is 3.36. The Balaban J connectivity index is 1.50. The summed E-state index contributed by atoms with van der Waals surface area (Å²) in [5.74, 6) is 0.529. The molecule has 3 aromatic rings. The predicted octanol–water partition coefficient (Wildman–Crippen LogP) is 3.94. The van der Waals surface area contributed by atoms with Gasteiger partial charge in [-0.3, -0.25) is 4.79 Å². The van der Waals surface area contributed by atoms with Gasteiger partial charge in [0.2, 0.25) is 0 Å². The van der Waals surface area contributed by atoms with Gasteiger partial charge in [-0.2, -0.15) is 4.31 Å². The smallest absolute Gasteiger partial charge is 0.252 e. The molecule has 1 aliphatic heterocycles. The van der Waals surface area contributed by atoms with Crippen LogP contribution in [-0.4, -0.2) is 52.0 Å². The quantitative estimate of drug-likeness (QED) is 0.547. The molecule has 2 heterocycles. The van der Waals surface area contributed by atoms with Gasteiger partial charge in [0, 0.05) is 23.5 Å². The van der Waals surface area contributed by atoms with Crippen molar-refractivity contribution in [3.63, 3.8) is 0 Å². The van der Waals surface area contributed by atoms with E-state index < -0.39 is 10.0 Å². The van der Waals surface area contributed by atoms with Crippen LogP contribution in [-0.2, 0) is 14.8 Å². The summed E-state index contributed by atoms with van der Waals surface area (Å²) in [4.78, 5) is 13.7. The molecule has 4 rings (SSSR count). The highest BCUT2D eigenvalue weighted by Gasteiger charge is 2.28. The van der Waals surface area contributed by atoms with Gasteiger partial charge in [-0.1, -0.05) is 24.3 Å². The summed E-state index contributed by atoms with van der Waals surface area (Å²) in [7, 11) is -1.94. The number of nitrogens with one attached hydrogen (secondary N) is 1. The number of morpholine rings is 1. The lowest BCUT2D eigenvalue weighted by molar-refractivity contribution is 0.0731. The van der Waals surface area contributed by atoms with Gasteiger partial charge in [0.1, 0.15) is 9.96 Å². The SMILES string of the molecule is COc1cccc(C(C)NC(=O)c2cccc(-c3ccc(S(=O)(=O)N4CCOCC4)s3)c2)c1. The van der Waals surface area contributed by atoms with Crippen molar-refractivity contribution in [1.29, 1.82) is 0 Å². The first-order valence-corrected chi connectivity index (χ1v) is 12.9. The summed E-state index contributed by atoms with van der Waals surface area (Å²) in [6.45, 7) is 3.44. The van der Waals surface area contributed by atoms with Crippen molar-refractivity contribution in [3.8, 4) is 16.2 Å². The molecule has 1 unspecified atom stereocenters. The molecule has 1 amide bonds. The topological polar surface area (TPSA) is 84.9 Å². The summed E-state index contributed by atoms with van der Waals surface area (Å²) in [6.07, 6.45) is 0. The van der Waals surface area contributed by atoms with Gasteiger partial charge < -0.3 is 14.8 Å². The molecule has 1 aliphatic rings. The molecular weight excluding hydrogens is 460 g/mol. The van der Waals surface area contributed by atoms with Crippen LogP contribution >= 0.6 is 11.3 Å². The minimum absolute atomic E-state index is 0.204. The number of sulfonamides is 1. The van der Waals surface area contributed by atoms with E-state index in [2.05, 4.69) is 5.32 Å². The number of hydrogen-bond donors (Lipinski definition) is 1. The molecule has 0 radical (unpaired) electrons. The lowest BCUT2D eigenvalue weighted by Crippen LogP contribution is -2.40. The van der Waals surface area contributed by atoms with E-state index in [0.29, 0.717) is 36.1 Å². The lowest BCUT2D eigenvalue weighted by atomic mass is 10.1. The molecule has 1 aromatic heterocycles. The van der Waals surface area contributed by atoms with Gasteiger partial charge in [-0.25, -0.2) is 8.42 Å². The number of carbonyl (C=O) groups is 1. The van der Waals surface area contributed by atoms with Crippen LogP contribution in [0.25, 0.3) is 10.4 Å². The maximum absolute atomic E-state index is 12.9. The second kappa shape index (κ2) is 10.0. The Kier molecular flexibility index (Phi) is 7.14. The van der Waals surface area contributed by atoms with Gasteiger partial charge in [-0.05, 0) is 54.4 Å². The van der Waals surface area contributed by atoms with Crippen LogP contribution in [0, 0.1) is 0 Å². The lowest BCUT2D eigenvalue weighted by Gasteiger charge is -2.25. The van der Waals surface area contributed by atoms with E-state index in [9.17, 15) is 13.2 Å². The van der Waals surface area contributed by atoms with Crippen molar-refractivity contribution in [2.75, 3.05) is 33.4 Å². The number of rotatable bonds is 7. The fourth-order valence-electron chi connectivity index (χ4n) is 3.62. The fraction of sp³-hybridized carbons (Fsp3) is 0.292. The summed E-state index contributed by atoms with van der Waals surface area (Å²) in [5, 5.41) is 3.01. The zero-order valence-electron chi connectivity index (χ0n) is 18.5. The van der Waals surface area contributed by atoms with Gasteiger partial charge in [0.25, 0.3) is 15.9 Å². The van der Waals surface area contributed by atoms with E-state index in [1.54, 1.807) is 37.4 Å². The highest BCUT2D eigenvalue weighted by molar-refractivity contribution is 7.91. The first-order chi connectivity index (χ1) is 15.9. The second-order valence-corrected chi connectivity index (χ2v) is 10.9. The molecule has 0 aliphatic carbocycles. The van der Waals surface area contributed by atoms with Crippen molar-refractivity contribution in [3.05, 3.63) is 71.8 Å². The van der Waals surface area contributed by atoms with Gasteiger partial charge in [0.15, 0.2) is 0 Å². The summed E-state index contributed by atoms with van der Waals surface area (Å²) < 4.78 is 38.1. The maximum Gasteiger partial charge on any atom is 0.252 e. The molecule has 0 saturated carbocycles. The number of carbonyl (C=O) groups excluding carboxylic acids is 1. The van der Waals surface area contributed by atoms with E-state index in [0.717, 1.165) is 21.8 Å². The van der Waals surface area contributed by atoms with E-state index in [4.69, 9.17) is 9.47 Å². The predicted molar refractivity (Wildman–Crippen MR) is 128 cm³/mol. The number of thiophene rings is 1. The molecule has 1 atom stereocenters. The summed E-state index contributed by atoms with van der Waals surface area (Å²) >= 11 is 1.21. The zero-order valence-corrected chi connectivity index (χ0v) is 20.1. The Morgan fingerprint density at radius 2 is 1.85 bits per heavy atom. The number of amides is 1. The number of nitrogens with zero attached hydrogens (tertiary/aromatic N) is 1. The highest BCUT2D eigenvalue weighted by atomic mass is 32.2. The number of methoxy groups -OCH3 is 1. The van der Waals surface area contributed by atoms with Crippen LogP contribution in [0.1, 0.15) is 28.9 Å². The first kappa shape index (κ1) is 23.4. The summed E-state index contributed by atoms with van der Waals surface area (Å²) in [6, 6.07) is 18.0. The highest BCUT2D eigenvalue weighted by Crippen LogP contribution is 2.33. The Bertz CT molecular complexity index is 1230. The molecule has 33 heavy (non-hydrogen) atoms. The third kappa shape index (κ3) is 5.27. The first-order valence-electron chi connectivity index (χ1n) is 10.6. The van der Waals surface area contributed by atoms with Gasteiger partial charge in [0.05, 0.1) is 26.4 Å². The summed E-state index contributed by atoms with van der Waals surface area (Å²) in [5.41, 5.74) is 2.24. The normalized spacial score (nSPS) is 15.7. The van der Waals surface area contributed by atoms with E-state index in [-0.39, 0.29) is 11.9 Å². The Hall–Kier alpha value is -2.72. The van der Waals surface area contributed by atoms with Gasteiger partial charge >= 0.3 is 0 Å². The van der Waals surface area contributed by atoms with E-state index >= 15 is 0 Å². The molecule has 7 nitrogen and oxygen atoms in total. The van der Waals surface area contributed by atoms with Crippen molar-refractivity contribution in [1.82, 2.24) is 9.62 Å². The molecule has 1 fully saturated rings. The van der Waals surface area contributed by atoms with Crippen molar-refractivity contribution in [2.24, 2.45) is 0 Å². The molecule has 1 saturated heterocycles. The van der Waals surface area contributed by atoms with E-state index in [1.807, 2.05) is 37.3 Å². The molecule has 174 valence electrons. The van der Waals surface area contributed by atoms with Crippen LogP contribution in [0.4, 0.5) is 0 Å². The number of hydrogen-bond acceptors (Lipinski definition) is 6. The molecular formula is C24H26N2O5S2. The zero-order chi connectivity index (χ0) is 23.4. The number of benzene rings is 2. The largest absolute Gasteiger partial charge is 0.497 e. The minimum Gasteiger partial charge on any atom is -0.497 e. The average molecular weight is 487 g/mol. The van der Waals surface area contributed by atoms with Crippen molar-refractivity contribution >= 4 is 27.3 Å². The second-order valence-electron chi connectivity index (χ2n) is 7.69. The van der Waals surface area contributed by atoms with Crippen LogP contribution in [0.2, 0.25) is 0 Å². The van der Waals surface area contributed by atoms with Gasteiger partial charge in [-0.15, -0.1) is 11.3 Å². The monoisotopic (exact) mass is 486 g/mol. The standard InChI is InChI=1S/C24H26N2O5S2/c1-17(18-5-4-8-21(16-18)30-2)25-24(27)20-7-3-6-19(15-20)22-9-10-23(32-22)33(28,29)26-11-13-31-14-12-26/h3-10,15-17H,11-14H2,1-2H3,(H,25,27). The van der Waals surface area contributed by atoms with E-state index in [1.165, 1.54) is 15.6 Å². The Labute approximate surface area is 198 Å². The molecule has 0 bridgehead atoms. The van der Waals surface area contributed by atoms with Crippen LogP contribution < -0.4 is 10.1 Å². The fourth-order valence-corrected chi connectivity index (χ4v) is 6.48. The van der Waals surface area contributed by atoms with Crippen molar-refractivity contribution in [2.45, 2.75) is 17.2 Å². The molecule has 2 aromatic carbocycles. The molecule has 0 spiro atoms. The maximum atomic E-state index is 12.9. The Morgan fingerprint density at radius 1 is 1.09 bits per heavy atom. The molecule has 9 heteroatoms. The third-order valence-corrected chi connectivity index (χ3v) is 9.00. The van der Waals surface area contributed by atoms with Crippen molar-refractivity contribution < 1.29 is 22.7 Å².